The molecule has 0 aromatic heterocycles. The summed E-state index contributed by atoms with van der Waals surface area (Å²) < 4.78 is 28.1. The molecule has 31 heavy (non-hydrogen) atoms. The first-order valence-corrected chi connectivity index (χ1v) is 11.9. The van der Waals surface area contributed by atoms with Crippen molar-refractivity contribution in [2.24, 2.45) is 0 Å². The second-order valence-electron chi connectivity index (χ2n) is 7.77. The quantitative estimate of drug-likeness (QED) is 0.610. The van der Waals surface area contributed by atoms with Crippen LogP contribution < -0.4 is 9.62 Å². The predicted octanol–water partition coefficient (Wildman–Crippen LogP) is 4.64. The van der Waals surface area contributed by atoms with Crippen molar-refractivity contribution in [1.82, 2.24) is 4.72 Å². The molecule has 1 aliphatic heterocycles. The molecule has 3 aromatic rings. The first-order valence-electron chi connectivity index (χ1n) is 10.0. The maximum absolute atomic E-state index is 12.9. The van der Waals surface area contributed by atoms with Gasteiger partial charge in [0.1, 0.15) is 0 Å². The van der Waals surface area contributed by atoms with E-state index in [-0.39, 0.29) is 12.5 Å². The van der Waals surface area contributed by atoms with E-state index in [4.69, 9.17) is 11.6 Å². The number of amides is 1. The van der Waals surface area contributed by atoms with Crippen molar-refractivity contribution < 1.29 is 13.2 Å². The smallest absolute Gasteiger partial charge is 0.258 e. The SMILES string of the molecule is Cc1ccc(S(=O)(=O)NCc2ccc3c(c2)CCN3C(=O)c2ccc(Cl)cc2)c(C)c1. The molecule has 0 saturated heterocycles. The van der Waals surface area contributed by atoms with Gasteiger partial charge < -0.3 is 4.90 Å². The predicted molar refractivity (Wildman–Crippen MR) is 123 cm³/mol. The summed E-state index contributed by atoms with van der Waals surface area (Å²) in [6, 6.07) is 17.9. The third kappa shape index (κ3) is 4.51. The van der Waals surface area contributed by atoms with Crippen molar-refractivity contribution in [3.05, 3.63) is 93.5 Å². The number of rotatable bonds is 5. The summed E-state index contributed by atoms with van der Waals surface area (Å²) >= 11 is 5.92. The van der Waals surface area contributed by atoms with Crippen LogP contribution in [0.2, 0.25) is 5.02 Å². The first-order chi connectivity index (χ1) is 14.7. The molecule has 1 N–H and O–H groups in total. The molecule has 7 heteroatoms. The summed E-state index contributed by atoms with van der Waals surface area (Å²) in [6.07, 6.45) is 0.728. The lowest BCUT2D eigenvalue weighted by atomic mass is 10.1. The molecule has 0 fully saturated rings. The van der Waals surface area contributed by atoms with Crippen LogP contribution in [-0.2, 0) is 23.0 Å². The highest BCUT2D eigenvalue weighted by Crippen LogP contribution is 2.30. The lowest BCUT2D eigenvalue weighted by molar-refractivity contribution is 0.0989. The maximum Gasteiger partial charge on any atom is 0.258 e. The average molecular weight is 455 g/mol. The van der Waals surface area contributed by atoms with Gasteiger partial charge in [0, 0.05) is 29.4 Å². The molecule has 1 heterocycles. The number of aryl methyl sites for hydroxylation is 2. The van der Waals surface area contributed by atoms with Gasteiger partial charge in [-0.3, -0.25) is 4.79 Å². The topological polar surface area (TPSA) is 66.5 Å². The summed E-state index contributed by atoms with van der Waals surface area (Å²) in [4.78, 5) is 14.9. The lowest BCUT2D eigenvalue weighted by Crippen LogP contribution is -2.28. The fourth-order valence-corrected chi connectivity index (χ4v) is 5.25. The van der Waals surface area contributed by atoms with E-state index >= 15 is 0 Å². The Morgan fingerprint density at radius 3 is 2.48 bits per heavy atom. The Hall–Kier alpha value is -2.67. The van der Waals surface area contributed by atoms with E-state index in [9.17, 15) is 13.2 Å². The number of carbonyl (C=O) groups excluding carboxylic acids is 1. The molecule has 0 saturated carbocycles. The van der Waals surface area contributed by atoms with E-state index in [2.05, 4.69) is 4.72 Å². The highest BCUT2D eigenvalue weighted by molar-refractivity contribution is 7.89. The molecule has 1 amide bonds. The Bertz CT molecular complexity index is 1250. The van der Waals surface area contributed by atoms with Crippen LogP contribution in [0.5, 0.6) is 0 Å². The number of carbonyl (C=O) groups is 1. The second-order valence-corrected chi connectivity index (χ2v) is 9.94. The highest BCUT2D eigenvalue weighted by atomic mass is 35.5. The van der Waals surface area contributed by atoms with Gasteiger partial charge in [0.15, 0.2) is 0 Å². The van der Waals surface area contributed by atoms with Crippen LogP contribution in [0.15, 0.2) is 65.6 Å². The van der Waals surface area contributed by atoms with E-state index in [1.54, 1.807) is 48.2 Å². The van der Waals surface area contributed by atoms with Crippen LogP contribution in [-0.4, -0.2) is 20.9 Å². The number of nitrogens with one attached hydrogen (secondary N) is 1. The zero-order chi connectivity index (χ0) is 22.2. The van der Waals surface area contributed by atoms with Crippen LogP contribution in [0.3, 0.4) is 0 Å². The number of hydrogen-bond donors (Lipinski definition) is 1. The normalized spacial score (nSPS) is 13.3. The molecule has 3 aromatic carbocycles. The molecule has 1 aliphatic rings. The number of hydrogen-bond acceptors (Lipinski definition) is 3. The molecule has 0 spiro atoms. The largest absolute Gasteiger partial charge is 0.308 e. The zero-order valence-corrected chi connectivity index (χ0v) is 18.9. The van der Waals surface area contributed by atoms with Crippen LogP contribution in [0, 0.1) is 13.8 Å². The zero-order valence-electron chi connectivity index (χ0n) is 17.4. The Morgan fingerprint density at radius 1 is 1.03 bits per heavy atom. The van der Waals surface area contributed by atoms with Crippen molar-refractivity contribution in [2.45, 2.75) is 31.7 Å². The molecule has 0 bridgehead atoms. The Morgan fingerprint density at radius 2 is 1.77 bits per heavy atom. The minimum Gasteiger partial charge on any atom is -0.308 e. The van der Waals surface area contributed by atoms with Crippen LogP contribution in [0.4, 0.5) is 5.69 Å². The minimum atomic E-state index is -3.61. The monoisotopic (exact) mass is 454 g/mol. The van der Waals surface area contributed by atoms with Crippen molar-refractivity contribution in [2.75, 3.05) is 11.4 Å². The summed E-state index contributed by atoms with van der Waals surface area (Å²) in [5.74, 6) is -0.0706. The molecule has 0 atom stereocenters. The molecule has 5 nitrogen and oxygen atoms in total. The van der Waals surface area contributed by atoms with Crippen molar-refractivity contribution in [3.8, 4) is 0 Å². The third-order valence-electron chi connectivity index (χ3n) is 5.46. The van der Waals surface area contributed by atoms with E-state index in [0.29, 0.717) is 22.0 Å². The van der Waals surface area contributed by atoms with Gasteiger partial charge in [0.25, 0.3) is 5.91 Å². The number of benzene rings is 3. The van der Waals surface area contributed by atoms with Gasteiger partial charge >= 0.3 is 0 Å². The van der Waals surface area contributed by atoms with Gasteiger partial charge in [-0.25, -0.2) is 13.1 Å². The second kappa shape index (κ2) is 8.46. The van der Waals surface area contributed by atoms with E-state index < -0.39 is 10.0 Å². The van der Waals surface area contributed by atoms with Gasteiger partial charge in [-0.1, -0.05) is 41.4 Å². The van der Waals surface area contributed by atoms with Crippen LogP contribution in [0.25, 0.3) is 0 Å². The van der Waals surface area contributed by atoms with Crippen LogP contribution in [0.1, 0.15) is 32.6 Å². The molecule has 0 unspecified atom stereocenters. The highest BCUT2D eigenvalue weighted by Gasteiger charge is 2.26. The van der Waals surface area contributed by atoms with Crippen molar-refractivity contribution >= 4 is 33.2 Å². The Balaban J connectivity index is 1.49. The maximum atomic E-state index is 12.9. The molecule has 0 radical (unpaired) electrons. The van der Waals surface area contributed by atoms with Gasteiger partial charge in [-0.2, -0.15) is 0 Å². The minimum absolute atomic E-state index is 0.0706. The summed E-state index contributed by atoms with van der Waals surface area (Å²) in [7, 11) is -3.61. The number of fused-ring (bicyclic) bond motifs is 1. The van der Waals surface area contributed by atoms with Gasteiger partial charge in [0.2, 0.25) is 10.0 Å². The summed E-state index contributed by atoms with van der Waals surface area (Å²) in [5.41, 5.74) is 5.08. The number of anilines is 1. The van der Waals surface area contributed by atoms with Crippen molar-refractivity contribution in [1.29, 1.82) is 0 Å². The third-order valence-corrected chi connectivity index (χ3v) is 7.28. The first kappa shape index (κ1) is 21.6. The van der Waals surface area contributed by atoms with E-state index in [0.717, 1.165) is 34.4 Å². The summed E-state index contributed by atoms with van der Waals surface area (Å²) in [6.45, 7) is 4.51. The molecule has 160 valence electrons. The fraction of sp³-hybridized carbons (Fsp3) is 0.208. The Kier molecular flexibility index (Phi) is 5.88. The standard InChI is InChI=1S/C24H23ClN2O3S/c1-16-3-10-23(17(2)13-16)31(29,30)26-15-18-4-9-22-20(14-18)11-12-27(22)24(28)19-5-7-21(25)8-6-19/h3-10,13-14,26H,11-12,15H2,1-2H3. The number of sulfonamides is 1. The van der Waals surface area contributed by atoms with E-state index in [1.165, 1.54) is 0 Å². The van der Waals surface area contributed by atoms with Gasteiger partial charge in [0.05, 0.1) is 4.90 Å². The van der Waals surface area contributed by atoms with Crippen LogP contribution >= 0.6 is 11.6 Å². The number of halogens is 1. The van der Waals surface area contributed by atoms with Crippen molar-refractivity contribution in [3.63, 3.8) is 0 Å². The molecule has 0 aliphatic carbocycles. The lowest BCUT2D eigenvalue weighted by Gasteiger charge is -2.18. The fourth-order valence-electron chi connectivity index (χ4n) is 3.88. The average Bonchev–Trinajstić information content (AvgIpc) is 3.15. The molecule has 4 rings (SSSR count). The molecular formula is C24H23ClN2O3S. The van der Waals surface area contributed by atoms with Gasteiger partial charge in [-0.05, 0) is 73.4 Å². The molecular weight excluding hydrogens is 432 g/mol. The number of nitrogens with zero attached hydrogens (tertiary/aromatic N) is 1. The summed E-state index contributed by atoms with van der Waals surface area (Å²) in [5, 5.41) is 0.589. The van der Waals surface area contributed by atoms with Gasteiger partial charge in [-0.15, -0.1) is 0 Å². The van der Waals surface area contributed by atoms with E-state index in [1.807, 2.05) is 31.2 Å². The Labute approximate surface area is 187 Å².